The summed E-state index contributed by atoms with van der Waals surface area (Å²) in [4.78, 5) is 33.8. The van der Waals surface area contributed by atoms with Gasteiger partial charge in [0.2, 0.25) is 0 Å². The van der Waals surface area contributed by atoms with Gasteiger partial charge in [-0.05, 0) is 42.9 Å². The van der Waals surface area contributed by atoms with Gasteiger partial charge in [0.25, 0.3) is 5.56 Å². The molecule has 1 atom stereocenters. The number of aliphatic carboxylic acids is 1. The molecule has 2 aromatic heterocycles. The van der Waals surface area contributed by atoms with Gasteiger partial charge in [-0.2, -0.15) is 0 Å². The topological polar surface area (TPSA) is 90.0 Å². The molecule has 0 fully saturated rings. The molecule has 0 saturated heterocycles. The normalized spacial score (nSPS) is 16.0. The molecule has 3 aromatic rings. The molecule has 0 radical (unpaired) electrons. The van der Waals surface area contributed by atoms with Crippen molar-refractivity contribution in [3.8, 4) is 22.5 Å². The third kappa shape index (κ3) is 3.01. The molecule has 0 saturated carbocycles. The van der Waals surface area contributed by atoms with Crippen molar-refractivity contribution in [3.05, 3.63) is 52.7 Å². The highest BCUT2D eigenvalue weighted by Gasteiger charge is 2.33. The summed E-state index contributed by atoms with van der Waals surface area (Å²) in [7, 11) is 0. The van der Waals surface area contributed by atoms with Crippen LogP contribution in [0.3, 0.4) is 0 Å². The van der Waals surface area contributed by atoms with Gasteiger partial charge in [0.1, 0.15) is 11.9 Å². The van der Waals surface area contributed by atoms with E-state index in [0.717, 1.165) is 0 Å². The molecule has 3 heterocycles. The van der Waals surface area contributed by atoms with Gasteiger partial charge < -0.3 is 5.11 Å². The number of benzene rings is 1. The molecule has 0 spiro atoms. The molecule has 9 heteroatoms. The number of hydrogen-bond donors (Lipinski definition) is 1. The lowest BCUT2D eigenvalue weighted by Gasteiger charge is -2.26. The number of carbonyl (C=O) groups is 1. The maximum Gasteiger partial charge on any atom is 0.328 e. The minimum absolute atomic E-state index is 0.308. The Kier molecular flexibility index (Phi) is 4.76. The van der Waals surface area contributed by atoms with Crippen LogP contribution >= 0.6 is 11.8 Å². The van der Waals surface area contributed by atoms with Gasteiger partial charge >= 0.3 is 5.97 Å². The number of thioether (sulfide) groups is 1. The van der Waals surface area contributed by atoms with Crippen LogP contribution in [0.4, 0.5) is 4.39 Å². The van der Waals surface area contributed by atoms with E-state index in [2.05, 4.69) is 9.97 Å². The highest BCUT2D eigenvalue weighted by Crippen LogP contribution is 2.35. The summed E-state index contributed by atoms with van der Waals surface area (Å²) in [6.07, 6.45) is 4.42. The van der Waals surface area contributed by atoms with Crippen LogP contribution in [0, 0.1) is 5.82 Å². The first-order chi connectivity index (χ1) is 13.5. The SMILES string of the molecule is CSc1nccc(-c2c(-c3ccc(F)cc3)c(=O)n3n2[C@H](C(=O)O)CCC3)n1. The molecule has 1 aliphatic heterocycles. The zero-order chi connectivity index (χ0) is 19.8. The Hall–Kier alpha value is -2.94. The van der Waals surface area contributed by atoms with E-state index in [1.165, 1.54) is 45.4 Å². The molecule has 7 nitrogen and oxygen atoms in total. The highest BCUT2D eigenvalue weighted by atomic mass is 32.2. The predicted molar refractivity (Wildman–Crippen MR) is 103 cm³/mol. The Labute approximate surface area is 163 Å². The molecule has 0 aliphatic carbocycles. The van der Waals surface area contributed by atoms with Crippen LogP contribution in [0.5, 0.6) is 0 Å². The van der Waals surface area contributed by atoms with Gasteiger partial charge in [-0.1, -0.05) is 23.9 Å². The second-order valence-corrected chi connectivity index (χ2v) is 7.20. The first-order valence-corrected chi connectivity index (χ1v) is 9.95. The van der Waals surface area contributed by atoms with E-state index >= 15 is 0 Å². The van der Waals surface area contributed by atoms with Crippen LogP contribution < -0.4 is 5.56 Å². The molecule has 1 aliphatic rings. The Bertz CT molecular complexity index is 1110. The molecular weight excluding hydrogens is 383 g/mol. The summed E-state index contributed by atoms with van der Waals surface area (Å²) in [5.41, 5.74) is 1.41. The molecule has 1 aromatic carbocycles. The van der Waals surface area contributed by atoms with E-state index in [-0.39, 0.29) is 5.56 Å². The van der Waals surface area contributed by atoms with Crippen molar-refractivity contribution < 1.29 is 14.3 Å². The molecule has 0 bridgehead atoms. The van der Waals surface area contributed by atoms with Gasteiger partial charge in [0, 0.05) is 12.7 Å². The number of halogens is 1. The summed E-state index contributed by atoms with van der Waals surface area (Å²) >= 11 is 1.35. The lowest BCUT2D eigenvalue weighted by Crippen LogP contribution is -2.34. The molecule has 28 heavy (non-hydrogen) atoms. The number of carboxylic acid groups (broad SMARTS) is 1. The summed E-state index contributed by atoms with van der Waals surface area (Å²) in [5, 5.41) is 10.3. The molecule has 4 rings (SSSR count). The summed E-state index contributed by atoms with van der Waals surface area (Å²) in [6.45, 7) is 0.414. The summed E-state index contributed by atoms with van der Waals surface area (Å²) in [6, 6.07) is 6.38. The number of nitrogens with zero attached hydrogens (tertiary/aromatic N) is 4. The molecule has 1 N–H and O–H groups in total. The number of hydrogen-bond acceptors (Lipinski definition) is 5. The smallest absolute Gasteiger partial charge is 0.328 e. The van der Waals surface area contributed by atoms with Gasteiger partial charge in [0.15, 0.2) is 5.16 Å². The Morgan fingerprint density at radius 1 is 1.29 bits per heavy atom. The standard InChI is InChI=1S/C19H17FN4O3S/c1-28-19-21-9-8-13(22-19)16-15(11-4-6-12(20)7-5-11)17(25)23-10-2-3-14(18(26)27)24(16)23/h4-9,14H,2-3,10H2,1H3,(H,26,27)/t14-/m0/s1. The zero-order valence-electron chi connectivity index (χ0n) is 15.0. The van der Waals surface area contributed by atoms with Crippen molar-refractivity contribution in [2.45, 2.75) is 30.6 Å². The average Bonchev–Trinajstić information content (AvgIpc) is 3.01. The Balaban J connectivity index is 2.07. The van der Waals surface area contributed by atoms with Crippen LogP contribution in [0.25, 0.3) is 22.5 Å². The first kappa shape index (κ1) is 18.4. The van der Waals surface area contributed by atoms with Crippen molar-refractivity contribution >= 4 is 17.7 Å². The zero-order valence-corrected chi connectivity index (χ0v) is 15.8. The molecule has 144 valence electrons. The van der Waals surface area contributed by atoms with E-state index in [1.807, 2.05) is 6.26 Å². The van der Waals surface area contributed by atoms with Crippen molar-refractivity contribution in [2.75, 3.05) is 6.26 Å². The fourth-order valence-corrected chi connectivity index (χ4v) is 3.93. The Morgan fingerprint density at radius 2 is 2.04 bits per heavy atom. The van der Waals surface area contributed by atoms with Crippen molar-refractivity contribution in [1.29, 1.82) is 0 Å². The highest BCUT2D eigenvalue weighted by molar-refractivity contribution is 7.98. The van der Waals surface area contributed by atoms with Gasteiger partial charge in [-0.15, -0.1) is 0 Å². The van der Waals surface area contributed by atoms with E-state index in [9.17, 15) is 19.1 Å². The van der Waals surface area contributed by atoms with Crippen LogP contribution in [-0.4, -0.2) is 36.7 Å². The predicted octanol–water partition coefficient (Wildman–Crippen LogP) is 3.05. The minimum Gasteiger partial charge on any atom is -0.480 e. The van der Waals surface area contributed by atoms with E-state index in [0.29, 0.717) is 47.1 Å². The molecular formula is C19H17FN4O3S. The molecule has 0 unspecified atom stereocenters. The van der Waals surface area contributed by atoms with Crippen LogP contribution in [0.2, 0.25) is 0 Å². The monoisotopic (exact) mass is 400 g/mol. The largest absolute Gasteiger partial charge is 0.480 e. The maximum absolute atomic E-state index is 13.4. The second kappa shape index (κ2) is 7.23. The fourth-order valence-electron chi connectivity index (χ4n) is 3.57. The molecule has 0 amide bonds. The lowest BCUT2D eigenvalue weighted by atomic mass is 10.0. The van der Waals surface area contributed by atoms with Crippen molar-refractivity contribution in [2.24, 2.45) is 0 Å². The Morgan fingerprint density at radius 3 is 2.71 bits per heavy atom. The number of carboxylic acids is 1. The summed E-state index contributed by atoms with van der Waals surface area (Å²) < 4.78 is 16.4. The van der Waals surface area contributed by atoms with Gasteiger partial charge in [-0.25, -0.2) is 23.8 Å². The van der Waals surface area contributed by atoms with Crippen molar-refractivity contribution in [3.63, 3.8) is 0 Å². The van der Waals surface area contributed by atoms with Crippen molar-refractivity contribution in [1.82, 2.24) is 19.3 Å². The summed E-state index contributed by atoms with van der Waals surface area (Å²) in [5.74, 6) is -1.42. The van der Waals surface area contributed by atoms with E-state index in [4.69, 9.17) is 0 Å². The third-order valence-electron chi connectivity index (χ3n) is 4.79. The fraction of sp³-hybridized carbons (Fsp3) is 0.263. The minimum atomic E-state index is -1.01. The second-order valence-electron chi connectivity index (χ2n) is 6.43. The number of aromatic nitrogens is 4. The van der Waals surface area contributed by atoms with Crippen LogP contribution in [-0.2, 0) is 11.3 Å². The third-order valence-corrected chi connectivity index (χ3v) is 5.36. The number of fused-ring (bicyclic) bond motifs is 1. The van der Waals surface area contributed by atoms with E-state index in [1.54, 1.807) is 12.3 Å². The average molecular weight is 400 g/mol. The first-order valence-electron chi connectivity index (χ1n) is 8.72. The quantitative estimate of drug-likeness (QED) is 0.535. The van der Waals surface area contributed by atoms with Crippen LogP contribution in [0.15, 0.2) is 46.5 Å². The number of rotatable bonds is 4. The maximum atomic E-state index is 13.4. The van der Waals surface area contributed by atoms with Gasteiger partial charge in [-0.3, -0.25) is 9.48 Å². The van der Waals surface area contributed by atoms with Crippen LogP contribution in [0.1, 0.15) is 18.9 Å². The van der Waals surface area contributed by atoms with Gasteiger partial charge in [0.05, 0.1) is 17.0 Å². The lowest BCUT2D eigenvalue weighted by molar-refractivity contribution is -0.142. The van der Waals surface area contributed by atoms with E-state index < -0.39 is 17.8 Å².